The van der Waals surface area contributed by atoms with Crippen LogP contribution in [0.5, 0.6) is 0 Å². The summed E-state index contributed by atoms with van der Waals surface area (Å²) >= 11 is 11.9. The summed E-state index contributed by atoms with van der Waals surface area (Å²) in [6.07, 6.45) is 0. The first-order chi connectivity index (χ1) is 11.9. The standard InChI is InChI=1S/C17H19Cl2N5O/c1-11-7-15(16(25)21-14-9-12(18)8-13(19)10-14)22-17(20-11)24-5-3-23(2)4-6-24/h7-10H,3-6H2,1-2H3,(H,21,25). The van der Waals surface area contributed by atoms with Crippen molar-refractivity contribution in [3.05, 3.63) is 45.7 Å². The Balaban J connectivity index is 1.80. The minimum absolute atomic E-state index is 0.317. The molecule has 1 aromatic heterocycles. The van der Waals surface area contributed by atoms with Crippen LogP contribution in [0.4, 0.5) is 11.6 Å². The van der Waals surface area contributed by atoms with Crippen LogP contribution in [0.25, 0.3) is 0 Å². The van der Waals surface area contributed by atoms with E-state index in [1.54, 1.807) is 24.3 Å². The fourth-order valence-electron chi connectivity index (χ4n) is 2.64. The van der Waals surface area contributed by atoms with Gasteiger partial charge in [0.25, 0.3) is 5.91 Å². The van der Waals surface area contributed by atoms with Gasteiger partial charge in [0, 0.05) is 47.6 Å². The van der Waals surface area contributed by atoms with E-state index >= 15 is 0 Å². The lowest BCUT2D eigenvalue weighted by atomic mass is 10.2. The van der Waals surface area contributed by atoms with Gasteiger partial charge in [-0.25, -0.2) is 9.97 Å². The summed E-state index contributed by atoms with van der Waals surface area (Å²) in [5, 5.41) is 3.70. The van der Waals surface area contributed by atoms with Crippen molar-refractivity contribution in [3.8, 4) is 0 Å². The molecule has 2 aromatic rings. The Labute approximate surface area is 156 Å². The Morgan fingerprint density at radius 1 is 1.04 bits per heavy atom. The van der Waals surface area contributed by atoms with Crippen molar-refractivity contribution < 1.29 is 4.79 Å². The number of aryl methyl sites for hydroxylation is 1. The van der Waals surface area contributed by atoms with Crippen molar-refractivity contribution in [2.45, 2.75) is 6.92 Å². The van der Waals surface area contributed by atoms with Crippen LogP contribution in [0, 0.1) is 6.92 Å². The van der Waals surface area contributed by atoms with E-state index in [2.05, 4.69) is 32.1 Å². The van der Waals surface area contributed by atoms with Gasteiger partial charge in [0.05, 0.1) is 0 Å². The topological polar surface area (TPSA) is 61.4 Å². The predicted molar refractivity (Wildman–Crippen MR) is 101 cm³/mol. The molecule has 2 heterocycles. The van der Waals surface area contributed by atoms with Gasteiger partial charge >= 0.3 is 0 Å². The highest BCUT2D eigenvalue weighted by molar-refractivity contribution is 6.35. The zero-order chi connectivity index (χ0) is 18.0. The molecule has 132 valence electrons. The largest absolute Gasteiger partial charge is 0.338 e. The van der Waals surface area contributed by atoms with Crippen molar-refractivity contribution >= 4 is 40.7 Å². The van der Waals surface area contributed by atoms with Crippen LogP contribution < -0.4 is 10.2 Å². The van der Waals surface area contributed by atoms with Crippen LogP contribution in [0.2, 0.25) is 10.0 Å². The fourth-order valence-corrected chi connectivity index (χ4v) is 3.16. The summed E-state index contributed by atoms with van der Waals surface area (Å²) in [4.78, 5) is 25.8. The maximum Gasteiger partial charge on any atom is 0.274 e. The monoisotopic (exact) mass is 379 g/mol. The summed E-state index contributed by atoms with van der Waals surface area (Å²) in [7, 11) is 2.09. The Morgan fingerprint density at radius 3 is 2.32 bits per heavy atom. The third kappa shape index (κ3) is 4.60. The molecule has 0 saturated carbocycles. The van der Waals surface area contributed by atoms with E-state index in [1.807, 2.05) is 6.92 Å². The SMILES string of the molecule is Cc1cc(C(=O)Nc2cc(Cl)cc(Cl)c2)nc(N2CCN(C)CC2)n1. The number of anilines is 2. The Kier molecular flexibility index (Phi) is 5.42. The lowest BCUT2D eigenvalue weighted by Crippen LogP contribution is -2.45. The average Bonchev–Trinajstić information content (AvgIpc) is 2.54. The van der Waals surface area contributed by atoms with Crippen molar-refractivity contribution in [1.82, 2.24) is 14.9 Å². The molecule has 1 aliphatic rings. The normalized spacial score (nSPS) is 15.3. The average molecular weight is 380 g/mol. The molecule has 1 amide bonds. The number of hydrogen-bond donors (Lipinski definition) is 1. The van der Waals surface area contributed by atoms with Crippen molar-refractivity contribution in [2.75, 3.05) is 43.4 Å². The molecular formula is C17H19Cl2N5O. The van der Waals surface area contributed by atoms with Crippen LogP contribution in [-0.2, 0) is 0 Å². The number of aromatic nitrogens is 2. The molecule has 1 saturated heterocycles. The number of halogens is 2. The number of piperazine rings is 1. The Bertz CT molecular complexity index is 770. The van der Waals surface area contributed by atoms with Gasteiger partial charge in [-0.05, 0) is 38.2 Å². The van der Waals surface area contributed by atoms with Crippen molar-refractivity contribution in [1.29, 1.82) is 0 Å². The number of benzene rings is 1. The molecule has 1 aromatic carbocycles. The quantitative estimate of drug-likeness (QED) is 0.887. The molecule has 0 bridgehead atoms. The maximum atomic E-state index is 12.6. The maximum absolute atomic E-state index is 12.6. The molecule has 0 unspecified atom stereocenters. The summed E-state index contributed by atoms with van der Waals surface area (Å²) < 4.78 is 0. The number of amides is 1. The summed E-state index contributed by atoms with van der Waals surface area (Å²) in [5.74, 6) is 0.265. The molecule has 8 heteroatoms. The van der Waals surface area contributed by atoms with E-state index < -0.39 is 0 Å². The zero-order valence-corrected chi connectivity index (χ0v) is 15.6. The first kappa shape index (κ1) is 17.9. The lowest BCUT2D eigenvalue weighted by Gasteiger charge is -2.32. The summed E-state index contributed by atoms with van der Waals surface area (Å²) in [5.41, 5.74) is 1.59. The van der Waals surface area contributed by atoms with E-state index in [0.29, 0.717) is 27.4 Å². The van der Waals surface area contributed by atoms with Crippen LogP contribution in [0.15, 0.2) is 24.3 Å². The highest BCUT2D eigenvalue weighted by Crippen LogP contribution is 2.23. The molecule has 1 aliphatic heterocycles. The fraction of sp³-hybridized carbons (Fsp3) is 0.353. The molecule has 1 fully saturated rings. The first-order valence-corrected chi connectivity index (χ1v) is 8.73. The number of likely N-dealkylation sites (N-methyl/N-ethyl adjacent to an activating group) is 1. The lowest BCUT2D eigenvalue weighted by molar-refractivity contribution is 0.102. The van der Waals surface area contributed by atoms with Crippen LogP contribution >= 0.6 is 23.2 Å². The third-order valence-electron chi connectivity index (χ3n) is 3.98. The van der Waals surface area contributed by atoms with Crippen molar-refractivity contribution in [3.63, 3.8) is 0 Å². The molecule has 3 rings (SSSR count). The molecule has 6 nitrogen and oxygen atoms in total. The van der Waals surface area contributed by atoms with Crippen LogP contribution in [0.1, 0.15) is 16.2 Å². The smallest absolute Gasteiger partial charge is 0.274 e. The molecule has 0 aliphatic carbocycles. The van der Waals surface area contributed by atoms with Gasteiger partial charge in [0.1, 0.15) is 5.69 Å². The Hall–Kier alpha value is -1.89. The molecule has 25 heavy (non-hydrogen) atoms. The third-order valence-corrected chi connectivity index (χ3v) is 4.42. The summed E-state index contributed by atoms with van der Waals surface area (Å²) in [6, 6.07) is 6.56. The van der Waals surface area contributed by atoms with E-state index in [0.717, 1.165) is 31.9 Å². The second-order valence-corrected chi connectivity index (χ2v) is 6.97. The van der Waals surface area contributed by atoms with E-state index in [1.165, 1.54) is 0 Å². The number of carbonyl (C=O) groups is 1. The zero-order valence-electron chi connectivity index (χ0n) is 14.1. The molecule has 0 spiro atoms. The van der Waals surface area contributed by atoms with Crippen molar-refractivity contribution in [2.24, 2.45) is 0 Å². The number of hydrogen-bond acceptors (Lipinski definition) is 5. The highest BCUT2D eigenvalue weighted by Gasteiger charge is 2.19. The van der Waals surface area contributed by atoms with Gasteiger partial charge in [-0.15, -0.1) is 0 Å². The first-order valence-electron chi connectivity index (χ1n) is 7.97. The second kappa shape index (κ2) is 7.56. The predicted octanol–water partition coefficient (Wildman–Crippen LogP) is 3.10. The summed E-state index contributed by atoms with van der Waals surface area (Å²) in [6.45, 7) is 5.42. The van der Waals surface area contributed by atoms with Gasteiger partial charge in [-0.3, -0.25) is 4.79 Å². The second-order valence-electron chi connectivity index (χ2n) is 6.10. The molecule has 0 radical (unpaired) electrons. The number of rotatable bonds is 3. The van der Waals surface area contributed by atoms with Gasteiger partial charge in [0.2, 0.25) is 5.95 Å². The van der Waals surface area contributed by atoms with Gasteiger partial charge in [-0.2, -0.15) is 0 Å². The molecule has 1 N–H and O–H groups in total. The number of carbonyl (C=O) groups excluding carboxylic acids is 1. The van der Waals surface area contributed by atoms with Gasteiger partial charge in [-0.1, -0.05) is 23.2 Å². The Morgan fingerprint density at radius 2 is 1.68 bits per heavy atom. The highest BCUT2D eigenvalue weighted by atomic mass is 35.5. The number of nitrogens with zero attached hydrogens (tertiary/aromatic N) is 4. The molecular weight excluding hydrogens is 361 g/mol. The molecule has 0 atom stereocenters. The van der Waals surface area contributed by atoms with Crippen LogP contribution in [-0.4, -0.2) is 54.0 Å². The van der Waals surface area contributed by atoms with Crippen LogP contribution in [0.3, 0.4) is 0 Å². The minimum atomic E-state index is -0.320. The van der Waals surface area contributed by atoms with E-state index in [9.17, 15) is 4.79 Å². The van der Waals surface area contributed by atoms with Gasteiger partial charge in [0.15, 0.2) is 0 Å². The van der Waals surface area contributed by atoms with E-state index in [4.69, 9.17) is 23.2 Å². The van der Waals surface area contributed by atoms with E-state index in [-0.39, 0.29) is 5.91 Å². The van der Waals surface area contributed by atoms with Gasteiger partial charge < -0.3 is 15.1 Å². The number of nitrogens with one attached hydrogen (secondary N) is 1. The minimum Gasteiger partial charge on any atom is -0.338 e.